The molecule has 0 bridgehead atoms. The number of nitrogens with zero attached hydrogens (tertiary/aromatic N) is 4. The molecule has 140 valence electrons. The van der Waals surface area contributed by atoms with Gasteiger partial charge in [0.15, 0.2) is 0 Å². The second kappa shape index (κ2) is 6.21. The third kappa shape index (κ3) is 2.52. The molecule has 4 heterocycles. The number of hydrogen-bond acceptors (Lipinski definition) is 2. The van der Waals surface area contributed by atoms with E-state index in [0.29, 0.717) is 17.9 Å². The first-order chi connectivity index (χ1) is 13.5. The number of carbonyl (C=O) groups excluding carboxylic acids is 1. The highest BCUT2D eigenvalue weighted by Crippen LogP contribution is 2.34. The molecule has 4 aromatic rings. The van der Waals surface area contributed by atoms with Crippen molar-refractivity contribution in [2.75, 3.05) is 11.4 Å². The van der Waals surface area contributed by atoms with E-state index >= 15 is 0 Å². The Labute approximate surface area is 165 Å². The molecule has 1 aliphatic heterocycles. The largest absolute Gasteiger partial charge is 0.338 e. The van der Waals surface area contributed by atoms with Gasteiger partial charge < -0.3 is 13.9 Å². The number of hydrogen-bond donors (Lipinski definition) is 0. The zero-order valence-corrected chi connectivity index (χ0v) is 15.8. The molecule has 5 rings (SSSR count). The lowest BCUT2D eigenvalue weighted by Crippen LogP contribution is -2.42. The predicted molar refractivity (Wildman–Crippen MR) is 106 cm³/mol. The molecule has 1 amide bonds. The number of anilines is 1. The number of carbonyl (C=O) groups is 1. The van der Waals surface area contributed by atoms with E-state index < -0.39 is 5.82 Å². The van der Waals surface area contributed by atoms with Crippen LogP contribution in [0.2, 0.25) is 5.02 Å². The van der Waals surface area contributed by atoms with Crippen LogP contribution in [-0.4, -0.2) is 26.4 Å². The van der Waals surface area contributed by atoms with Crippen molar-refractivity contribution in [1.29, 1.82) is 0 Å². The van der Waals surface area contributed by atoms with Gasteiger partial charge in [-0.15, -0.1) is 0 Å². The maximum atomic E-state index is 14.0. The number of fused-ring (bicyclic) bond motifs is 2. The summed E-state index contributed by atoms with van der Waals surface area (Å²) in [5, 5.41) is 0.0407. The summed E-state index contributed by atoms with van der Waals surface area (Å²) in [6.45, 7) is 2.50. The molecule has 1 aliphatic rings. The molecule has 28 heavy (non-hydrogen) atoms. The molecule has 0 unspecified atom stereocenters. The lowest BCUT2D eigenvalue weighted by atomic mass is 10.0. The molecule has 0 fully saturated rings. The number of amides is 1. The molecule has 5 nitrogen and oxygen atoms in total. The minimum absolute atomic E-state index is 0.0407. The number of benzene rings is 1. The number of aromatic nitrogens is 3. The minimum Gasteiger partial charge on any atom is -0.338 e. The van der Waals surface area contributed by atoms with Crippen molar-refractivity contribution in [2.45, 2.75) is 13.0 Å². The molecular weight excluding hydrogens is 379 g/mol. The SMILES string of the molecule is C[C@H]1CN(c2ccc(Cl)c(F)c2)C(=O)c2c(-c3ccc4nccn4c3)ccn21. The van der Waals surface area contributed by atoms with Crippen molar-refractivity contribution in [1.82, 2.24) is 14.0 Å². The first-order valence-corrected chi connectivity index (χ1v) is 9.31. The van der Waals surface area contributed by atoms with E-state index in [1.54, 1.807) is 17.2 Å². The maximum Gasteiger partial charge on any atom is 0.275 e. The van der Waals surface area contributed by atoms with Crippen LogP contribution >= 0.6 is 11.6 Å². The number of rotatable bonds is 2. The van der Waals surface area contributed by atoms with Gasteiger partial charge in [-0.05, 0) is 43.3 Å². The first-order valence-electron chi connectivity index (χ1n) is 8.94. The average molecular weight is 395 g/mol. The number of imidazole rings is 1. The van der Waals surface area contributed by atoms with Crippen LogP contribution in [0.15, 0.2) is 61.2 Å². The van der Waals surface area contributed by atoms with Crippen molar-refractivity contribution < 1.29 is 9.18 Å². The van der Waals surface area contributed by atoms with Crippen LogP contribution in [0.5, 0.6) is 0 Å². The van der Waals surface area contributed by atoms with Crippen LogP contribution in [-0.2, 0) is 0 Å². The zero-order chi connectivity index (χ0) is 19.4. The van der Waals surface area contributed by atoms with Crippen molar-refractivity contribution in [3.63, 3.8) is 0 Å². The van der Waals surface area contributed by atoms with Crippen molar-refractivity contribution in [2.24, 2.45) is 0 Å². The van der Waals surface area contributed by atoms with Crippen LogP contribution in [0, 0.1) is 5.82 Å². The zero-order valence-electron chi connectivity index (χ0n) is 15.0. The summed E-state index contributed by atoms with van der Waals surface area (Å²) in [6, 6.07) is 10.3. The van der Waals surface area contributed by atoms with E-state index in [0.717, 1.165) is 16.8 Å². The quantitative estimate of drug-likeness (QED) is 0.489. The molecular formula is C21H16ClFN4O. The molecule has 0 spiro atoms. The molecule has 0 N–H and O–H groups in total. The lowest BCUT2D eigenvalue weighted by molar-refractivity contribution is 0.0958. The van der Waals surface area contributed by atoms with Gasteiger partial charge in [0.25, 0.3) is 5.91 Å². The Bertz CT molecular complexity index is 1230. The van der Waals surface area contributed by atoms with Gasteiger partial charge in [-0.3, -0.25) is 4.79 Å². The molecule has 1 atom stereocenters. The standard InChI is InChI=1S/C21H16ClFN4O/c1-13-11-27(15-3-4-17(22)18(23)10-15)21(28)20-16(6-8-26(13)20)14-2-5-19-24-7-9-25(19)12-14/h2-10,12-13H,11H2,1H3/t13-/m0/s1. The summed E-state index contributed by atoms with van der Waals surface area (Å²) in [5.74, 6) is -0.697. The summed E-state index contributed by atoms with van der Waals surface area (Å²) in [4.78, 5) is 19.2. The van der Waals surface area contributed by atoms with Crippen LogP contribution in [0.4, 0.5) is 10.1 Å². The summed E-state index contributed by atoms with van der Waals surface area (Å²) in [6.07, 6.45) is 7.50. The monoisotopic (exact) mass is 394 g/mol. The van der Waals surface area contributed by atoms with E-state index in [2.05, 4.69) is 4.98 Å². The summed E-state index contributed by atoms with van der Waals surface area (Å²) in [7, 11) is 0. The molecule has 0 saturated carbocycles. The lowest BCUT2D eigenvalue weighted by Gasteiger charge is -2.33. The Morgan fingerprint density at radius 1 is 1.18 bits per heavy atom. The Kier molecular flexibility index (Phi) is 3.77. The van der Waals surface area contributed by atoms with Gasteiger partial charge in [0, 0.05) is 54.2 Å². The van der Waals surface area contributed by atoms with E-state index in [4.69, 9.17) is 11.6 Å². The highest BCUT2D eigenvalue weighted by atomic mass is 35.5. The van der Waals surface area contributed by atoms with E-state index in [1.807, 2.05) is 52.7 Å². The topological polar surface area (TPSA) is 42.5 Å². The molecule has 0 aliphatic carbocycles. The third-order valence-electron chi connectivity index (χ3n) is 5.20. The third-order valence-corrected chi connectivity index (χ3v) is 5.51. The van der Waals surface area contributed by atoms with Crippen LogP contribution < -0.4 is 4.90 Å². The van der Waals surface area contributed by atoms with Gasteiger partial charge in [-0.25, -0.2) is 9.37 Å². The maximum absolute atomic E-state index is 14.0. The van der Waals surface area contributed by atoms with Gasteiger partial charge in [-0.1, -0.05) is 11.6 Å². The fraction of sp³-hybridized carbons (Fsp3) is 0.143. The van der Waals surface area contributed by atoms with Gasteiger partial charge in [0.1, 0.15) is 17.2 Å². The van der Waals surface area contributed by atoms with Gasteiger partial charge in [-0.2, -0.15) is 0 Å². The normalized spacial score (nSPS) is 16.6. The van der Waals surface area contributed by atoms with Gasteiger partial charge in [0.05, 0.1) is 5.02 Å². The highest BCUT2D eigenvalue weighted by Gasteiger charge is 2.32. The Morgan fingerprint density at radius 2 is 2.04 bits per heavy atom. The van der Waals surface area contributed by atoms with Gasteiger partial charge in [0.2, 0.25) is 0 Å². The molecule has 7 heteroatoms. The van der Waals surface area contributed by atoms with Crippen LogP contribution in [0.1, 0.15) is 23.5 Å². The van der Waals surface area contributed by atoms with E-state index in [-0.39, 0.29) is 17.0 Å². The summed E-state index contributed by atoms with van der Waals surface area (Å²) < 4.78 is 17.9. The van der Waals surface area contributed by atoms with Gasteiger partial charge >= 0.3 is 0 Å². The smallest absolute Gasteiger partial charge is 0.275 e. The second-order valence-corrected chi connectivity index (χ2v) is 7.37. The van der Waals surface area contributed by atoms with Crippen LogP contribution in [0.3, 0.4) is 0 Å². The first kappa shape index (κ1) is 17.0. The number of pyridine rings is 1. The predicted octanol–water partition coefficient (Wildman–Crippen LogP) is 4.82. The van der Waals surface area contributed by atoms with Crippen molar-refractivity contribution in [3.8, 4) is 11.1 Å². The molecule has 0 radical (unpaired) electrons. The fourth-order valence-electron chi connectivity index (χ4n) is 3.79. The molecule has 1 aromatic carbocycles. The second-order valence-electron chi connectivity index (χ2n) is 6.96. The molecule has 3 aromatic heterocycles. The summed E-state index contributed by atoms with van der Waals surface area (Å²) >= 11 is 5.80. The Balaban J connectivity index is 1.62. The summed E-state index contributed by atoms with van der Waals surface area (Å²) in [5.41, 5.74) is 3.70. The number of halogens is 2. The minimum atomic E-state index is -0.536. The van der Waals surface area contributed by atoms with E-state index in [9.17, 15) is 9.18 Å². The van der Waals surface area contributed by atoms with Crippen molar-refractivity contribution in [3.05, 3.63) is 77.7 Å². The van der Waals surface area contributed by atoms with E-state index in [1.165, 1.54) is 12.1 Å². The molecule has 0 saturated heterocycles. The van der Waals surface area contributed by atoms with Crippen molar-refractivity contribution >= 4 is 28.8 Å². The fourth-order valence-corrected chi connectivity index (χ4v) is 3.91. The Morgan fingerprint density at radius 3 is 2.86 bits per heavy atom. The average Bonchev–Trinajstić information content (AvgIpc) is 3.33. The Hall–Kier alpha value is -3.12. The van der Waals surface area contributed by atoms with Crippen LogP contribution in [0.25, 0.3) is 16.8 Å². The highest BCUT2D eigenvalue weighted by molar-refractivity contribution is 6.30.